The highest BCUT2D eigenvalue weighted by Crippen LogP contribution is 2.46. The van der Waals surface area contributed by atoms with Crippen LogP contribution >= 0.6 is 11.6 Å². The summed E-state index contributed by atoms with van der Waals surface area (Å²) in [7, 11) is 3.36. The van der Waals surface area contributed by atoms with Crippen molar-refractivity contribution in [3.8, 4) is 5.75 Å². The predicted octanol–water partition coefficient (Wildman–Crippen LogP) is 5.92. The number of nitrogens with one attached hydrogen (secondary N) is 3. The van der Waals surface area contributed by atoms with Crippen molar-refractivity contribution in [3.63, 3.8) is 0 Å². The summed E-state index contributed by atoms with van der Waals surface area (Å²) in [5, 5.41) is 14.7. The highest BCUT2D eigenvalue weighted by atomic mass is 35.5. The highest BCUT2D eigenvalue weighted by molar-refractivity contribution is 6.33. The van der Waals surface area contributed by atoms with Gasteiger partial charge in [0, 0.05) is 82.7 Å². The number of halogens is 4. The first-order valence-corrected chi connectivity index (χ1v) is 22.1. The maximum atomic E-state index is 15.8. The van der Waals surface area contributed by atoms with Gasteiger partial charge in [0.25, 0.3) is 5.56 Å². The number of piperidine rings is 2. The molecule has 15 nitrogen and oxygen atoms in total. The minimum atomic E-state index is -3.21. The molecule has 4 fully saturated rings. The molecule has 0 bridgehead atoms. The molecule has 0 spiro atoms. The van der Waals surface area contributed by atoms with Crippen LogP contribution in [0.4, 0.5) is 42.0 Å². The Hall–Kier alpha value is -5.62. The fourth-order valence-electron chi connectivity index (χ4n) is 9.98. The lowest BCUT2D eigenvalue weighted by molar-refractivity contribution is -0.134. The third-order valence-corrected chi connectivity index (χ3v) is 13.9. The molecule has 2 unspecified atom stereocenters. The quantitative estimate of drug-likeness (QED) is 0.159. The zero-order valence-electron chi connectivity index (χ0n) is 35.3. The number of carbonyl (C=O) groups is 2. The lowest BCUT2D eigenvalue weighted by Gasteiger charge is -2.43. The van der Waals surface area contributed by atoms with Gasteiger partial charge in [-0.2, -0.15) is 10.1 Å². The molecular weight excluding hydrogens is 839 g/mol. The van der Waals surface area contributed by atoms with Crippen molar-refractivity contribution in [1.29, 1.82) is 0 Å². The van der Waals surface area contributed by atoms with Crippen LogP contribution in [-0.2, 0) is 23.7 Å². The number of amides is 2. The summed E-state index contributed by atoms with van der Waals surface area (Å²) in [6.07, 6.45) is 5.37. The zero-order valence-corrected chi connectivity index (χ0v) is 36.0. The summed E-state index contributed by atoms with van der Waals surface area (Å²) in [6, 6.07) is 7.88. The second-order valence-electron chi connectivity index (χ2n) is 17.8. The lowest BCUT2D eigenvalue weighted by Crippen LogP contribution is -2.54. The molecule has 2 amide bonds. The molecule has 10 rings (SSSR count). The average Bonchev–Trinajstić information content (AvgIpc) is 4.06. The number of imide groups is 1. The number of fused-ring (bicyclic) bond motifs is 4. The molecule has 332 valence electrons. The topological polar surface area (TPSA) is 155 Å². The first-order chi connectivity index (χ1) is 30.2. The molecule has 5 aliphatic rings. The number of aryl methyl sites for hydroxylation is 2. The van der Waals surface area contributed by atoms with Gasteiger partial charge in [-0.15, -0.1) is 0 Å². The van der Waals surface area contributed by atoms with Crippen LogP contribution in [0.1, 0.15) is 57.1 Å². The number of alkyl halides is 2. The molecule has 3 aromatic heterocycles. The molecule has 5 aromatic rings. The Morgan fingerprint density at radius 3 is 2.54 bits per heavy atom. The van der Waals surface area contributed by atoms with Gasteiger partial charge in [-0.3, -0.25) is 29.3 Å². The second-order valence-corrected chi connectivity index (χ2v) is 18.2. The van der Waals surface area contributed by atoms with E-state index in [9.17, 15) is 14.4 Å². The van der Waals surface area contributed by atoms with E-state index in [2.05, 4.69) is 48.6 Å². The number of piperazine rings is 1. The van der Waals surface area contributed by atoms with Crippen LogP contribution in [0.5, 0.6) is 5.75 Å². The number of benzene rings is 2. The molecule has 1 aliphatic carbocycles. The second kappa shape index (κ2) is 15.9. The summed E-state index contributed by atoms with van der Waals surface area (Å²) >= 11 is 6.58. The molecule has 2 aromatic carbocycles. The van der Waals surface area contributed by atoms with Crippen molar-refractivity contribution in [2.24, 2.45) is 25.9 Å². The van der Waals surface area contributed by atoms with Gasteiger partial charge in [0.1, 0.15) is 10.8 Å². The van der Waals surface area contributed by atoms with Crippen LogP contribution in [0.15, 0.2) is 41.3 Å². The van der Waals surface area contributed by atoms with E-state index in [1.54, 1.807) is 0 Å². The van der Waals surface area contributed by atoms with Crippen molar-refractivity contribution >= 4 is 74.0 Å². The first-order valence-electron chi connectivity index (χ1n) is 21.7. The van der Waals surface area contributed by atoms with Crippen LogP contribution in [0.2, 0.25) is 5.02 Å². The molecule has 3 N–H and O–H groups in total. The third kappa shape index (κ3) is 7.57. The Bertz CT molecular complexity index is 2720. The number of nitrogens with zero attached hydrogens (tertiary/aromatic N) is 8. The molecule has 19 heteroatoms. The summed E-state index contributed by atoms with van der Waals surface area (Å²) < 4.78 is 54.7. The Balaban J connectivity index is 0.799. The summed E-state index contributed by atoms with van der Waals surface area (Å²) in [5.41, 5.74) is 2.48. The molecule has 7 heterocycles. The SMILES string of the molecule is C[C@@H]1CN(c2cccc3c(C4CCC(=O)NC4=O)nn(C)c23)CCN1CC1CCN(c2ncc(Cl)c(Nc3cc4c5c(c(=O)n(C)c4cc3F)OCC(F)(F)C(C3CC3)N5)n2)CC1. The third-order valence-electron chi connectivity index (χ3n) is 13.6. The number of para-hydroxylation sites is 1. The molecule has 4 aliphatic heterocycles. The van der Waals surface area contributed by atoms with Crippen LogP contribution in [0.3, 0.4) is 0 Å². The van der Waals surface area contributed by atoms with E-state index >= 15 is 13.2 Å². The monoisotopic (exact) mass is 887 g/mol. The van der Waals surface area contributed by atoms with Gasteiger partial charge in [-0.25, -0.2) is 18.2 Å². The Labute approximate surface area is 365 Å². The van der Waals surface area contributed by atoms with Gasteiger partial charge < -0.3 is 29.7 Å². The van der Waals surface area contributed by atoms with E-state index in [4.69, 9.17) is 26.4 Å². The molecule has 3 atom stereocenters. The van der Waals surface area contributed by atoms with E-state index in [0.29, 0.717) is 54.7 Å². The predicted molar refractivity (Wildman–Crippen MR) is 234 cm³/mol. The van der Waals surface area contributed by atoms with Crippen molar-refractivity contribution in [2.75, 3.05) is 66.3 Å². The van der Waals surface area contributed by atoms with Gasteiger partial charge in [-0.05, 0) is 63.0 Å². The van der Waals surface area contributed by atoms with Crippen LogP contribution in [0.25, 0.3) is 21.8 Å². The van der Waals surface area contributed by atoms with E-state index < -0.39 is 35.9 Å². The average molecular weight is 888 g/mol. The number of pyridine rings is 1. The van der Waals surface area contributed by atoms with Gasteiger partial charge in [0.2, 0.25) is 23.5 Å². The van der Waals surface area contributed by atoms with Crippen LogP contribution < -0.4 is 36.0 Å². The van der Waals surface area contributed by atoms with Crippen molar-refractivity contribution in [1.82, 2.24) is 34.5 Å². The van der Waals surface area contributed by atoms with Gasteiger partial charge in [-0.1, -0.05) is 23.7 Å². The Kier molecular flexibility index (Phi) is 10.4. The van der Waals surface area contributed by atoms with Crippen LogP contribution in [0, 0.1) is 17.7 Å². The van der Waals surface area contributed by atoms with E-state index in [-0.39, 0.29) is 51.2 Å². The number of hydrogen-bond acceptors (Lipinski definition) is 12. The van der Waals surface area contributed by atoms with E-state index in [1.165, 1.54) is 29.9 Å². The van der Waals surface area contributed by atoms with Crippen molar-refractivity contribution < 1.29 is 27.5 Å². The minimum absolute atomic E-state index is 0.00224. The molecular formula is C44H49ClF3N11O4. The van der Waals surface area contributed by atoms with Crippen molar-refractivity contribution in [2.45, 2.75) is 69.4 Å². The molecule has 1 saturated carbocycles. The Morgan fingerprint density at radius 1 is 1.00 bits per heavy atom. The number of aromatic nitrogens is 5. The van der Waals surface area contributed by atoms with Crippen LogP contribution in [-0.4, -0.2) is 105 Å². The maximum Gasteiger partial charge on any atom is 0.301 e. The number of ether oxygens (including phenoxy) is 1. The highest BCUT2D eigenvalue weighted by Gasteiger charge is 2.51. The standard InChI is InChI=1S/C44H49ClF3N11O4/c1-23-20-59(32-6-4-5-26-35(54-56(3)37(26)32)27-9-10-34(60)51-41(27)61)16-15-58(23)21-24-11-13-57(14-12-24)43-49-19-29(45)40(53-43)50-31-17-28-33(18-30(31)46)55(2)42(62)38-36(28)52-39(25-7-8-25)44(47,48)22-63-38/h4-6,17-19,23-25,27,39,52H,7-16,20-22H2,1-3H3,(H,49,50,53)(H,51,60,61)/t23-,27?,39?/m1/s1. The summed E-state index contributed by atoms with van der Waals surface area (Å²) in [6.45, 7) is 6.31. The fraction of sp³-hybridized carbons (Fsp3) is 0.500. The number of rotatable bonds is 8. The first kappa shape index (κ1) is 41.4. The summed E-state index contributed by atoms with van der Waals surface area (Å²) in [5.74, 6) is -4.27. The fourth-order valence-corrected chi connectivity index (χ4v) is 10.1. The van der Waals surface area contributed by atoms with Gasteiger partial charge in [0.05, 0.1) is 51.9 Å². The van der Waals surface area contributed by atoms with Crippen molar-refractivity contribution in [3.05, 3.63) is 63.4 Å². The molecule has 3 saturated heterocycles. The van der Waals surface area contributed by atoms with Gasteiger partial charge >= 0.3 is 5.92 Å². The summed E-state index contributed by atoms with van der Waals surface area (Å²) in [4.78, 5) is 54.1. The minimum Gasteiger partial charge on any atom is -0.480 e. The maximum absolute atomic E-state index is 15.8. The number of hydrogen-bond donors (Lipinski definition) is 3. The number of anilines is 5. The smallest absolute Gasteiger partial charge is 0.301 e. The lowest BCUT2D eigenvalue weighted by atomic mass is 9.92. The number of carbonyl (C=O) groups excluding carboxylic acids is 2. The molecule has 63 heavy (non-hydrogen) atoms. The Morgan fingerprint density at radius 2 is 1.79 bits per heavy atom. The molecule has 0 radical (unpaired) electrons. The largest absolute Gasteiger partial charge is 0.480 e. The zero-order chi connectivity index (χ0) is 43.9. The van der Waals surface area contributed by atoms with Gasteiger partial charge in [0.15, 0.2) is 12.4 Å². The van der Waals surface area contributed by atoms with E-state index in [0.717, 1.165) is 68.7 Å². The van der Waals surface area contributed by atoms with E-state index in [1.807, 2.05) is 23.9 Å². The normalized spacial score (nSPS) is 23.3.